The van der Waals surface area contributed by atoms with Crippen molar-refractivity contribution in [1.29, 1.82) is 0 Å². The summed E-state index contributed by atoms with van der Waals surface area (Å²) < 4.78 is 1.21. The van der Waals surface area contributed by atoms with Gasteiger partial charge in [-0.3, -0.25) is 24.3 Å². The molecule has 0 fully saturated rings. The van der Waals surface area contributed by atoms with E-state index in [1.54, 1.807) is 0 Å². The second-order valence-corrected chi connectivity index (χ2v) is 8.26. The third-order valence-electron chi connectivity index (χ3n) is 4.83. The van der Waals surface area contributed by atoms with Crippen molar-refractivity contribution in [3.63, 3.8) is 0 Å². The fourth-order valence-corrected chi connectivity index (χ4v) is 4.34. The van der Waals surface area contributed by atoms with Crippen LogP contribution < -0.4 is 11.0 Å². The zero-order valence-corrected chi connectivity index (χ0v) is 18.1. The summed E-state index contributed by atoms with van der Waals surface area (Å²) in [4.78, 5) is 41.5. The van der Waals surface area contributed by atoms with Gasteiger partial charge in [0, 0.05) is 22.1 Å². The van der Waals surface area contributed by atoms with Crippen molar-refractivity contribution in [2.45, 2.75) is 13.5 Å². The van der Waals surface area contributed by atoms with Crippen molar-refractivity contribution in [2.24, 2.45) is 5.10 Å². The zero-order chi connectivity index (χ0) is 23.5. The van der Waals surface area contributed by atoms with Gasteiger partial charge in [-0.15, -0.1) is 11.3 Å². The number of nitro benzene ring substituents is 1. The van der Waals surface area contributed by atoms with Crippen molar-refractivity contribution in [1.82, 2.24) is 15.0 Å². The lowest BCUT2D eigenvalue weighted by molar-refractivity contribution is -0.385. The number of thiophene rings is 1. The Morgan fingerprint density at radius 1 is 1.30 bits per heavy atom. The average molecular weight is 463 g/mol. The van der Waals surface area contributed by atoms with Gasteiger partial charge in [-0.25, -0.2) is 10.4 Å². The Hall–Kier alpha value is -4.38. The Morgan fingerprint density at radius 3 is 2.79 bits per heavy atom. The molecule has 166 valence electrons. The molecule has 0 aliphatic carbocycles. The minimum absolute atomic E-state index is 0.307. The highest BCUT2D eigenvalue weighted by Crippen LogP contribution is 2.35. The van der Waals surface area contributed by atoms with Crippen LogP contribution >= 0.6 is 11.3 Å². The molecule has 0 bridgehead atoms. The van der Waals surface area contributed by atoms with Gasteiger partial charge in [0.2, 0.25) is 0 Å². The number of phenolic OH excluding ortho intramolecular Hbond substituents is 1. The van der Waals surface area contributed by atoms with Crippen molar-refractivity contribution in [3.05, 3.63) is 85.8 Å². The number of aryl methyl sites for hydroxylation is 1. The van der Waals surface area contributed by atoms with Crippen LogP contribution in [0.5, 0.6) is 5.75 Å². The Morgan fingerprint density at radius 2 is 2.06 bits per heavy atom. The third kappa shape index (κ3) is 4.48. The van der Waals surface area contributed by atoms with E-state index in [-0.39, 0.29) is 12.1 Å². The molecular formula is C22H17N5O5S. The number of phenols is 1. The molecule has 1 amide bonds. The molecule has 4 rings (SSSR count). The fourth-order valence-electron chi connectivity index (χ4n) is 3.34. The number of carbonyl (C=O) groups is 1. The van der Waals surface area contributed by atoms with Crippen molar-refractivity contribution in [3.8, 4) is 16.9 Å². The van der Waals surface area contributed by atoms with Gasteiger partial charge in [-0.05, 0) is 24.6 Å². The Bertz CT molecular complexity index is 1460. The minimum Gasteiger partial charge on any atom is -0.502 e. The standard InChI is InChI=1S/C22H17N5O5S/c1-13-19(15-5-3-2-4-6-15)20-21(33-13)23-12-26(22(20)30)11-18(29)25-24-10-14-7-8-17(28)16(9-14)27(31)32/h2-10,12,28H,11H2,1H3,(H,25,29)/b24-10+. The van der Waals surface area contributed by atoms with Crippen LogP contribution in [-0.2, 0) is 11.3 Å². The second kappa shape index (κ2) is 9.01. The molecule has 4 aromatic rings. The molecule has 0 saturated heterocycles. The van der Waals surface area contributed by atoms with E-state index in [0.29, 0.717) is 15.8 Å². The first-order valence-electron chi connectivity index (χ1n) is 9.68. The number of amides is 1. The zero-order valence-electron chi connectivity index (χ0n) is 17.3. The summed E-state index contributed by atoms with van der Waals surface area (Å²) in [6.45, 7) is 1.62. The predicted molar refractivity (Wildman–Crippen MR) is 125 cm³/mol. The number of hydrazone groups is 1. The number of fused-ring (bicyclic) bond motifs is 1. The summed E-state index contributed by atoms with van der Waals surface area (Å²) >= 11 is 1.42. The summed E-state index contributed by atoms with van der Waals surface area (Å²) in [6, 6.07) is 13.2. The predicted octanol–water partition coefficient (Wildman–Crippen LogP) is 3.20. The van der Waals surface area contributed by atoms with Gasteiger partial charge in [0.05, 0.1) is 22.9 Å². The number of nitrogens with one attached hydrogen (secondary N) is 1. The maximum absolute atomic E-state index is 13.1. The molecule has 0 atom stereocenters. The Balaban J connectivity index is 1.55. The van der Waals surface area contributed by atoms with E-state index in [0.717, 1.165) is 28.1 Å². The van der Waals surface area contributed by atoms with Crippen LogP contribution in [0.4, 0.5) is 5.69 Å². The number of hydrogen-bond acceptors (Lipinski definition) is 8. The molecule has 0 radical (unpaired) electrons. The number of aromatic hydroxyl groups is 1. The largest absolute Gasteiger partial charge is 0.502 e. The van der Waals surface area contributed by atoms with Gasteiger partial charge in [0.25, 0.3) is 11.5 Å². The number of nitro groups is 1. The van der Waals surface area contributed by atoms with Gasteiger partial charge < -0.3 is 5.11 Å². The molecule has 11 heteroatoms. The van der Waals surface area contributed by atoms with Gasteiger partial charge in [-0.1, -0.05) is 30.3 Å². The molecule has 0 spiro atoms. The van der Waals surface area contributed by atoms with Crippen LogP contribution in [0.3, 0.4) is 0 Å². The Kier molecular flexibility index (Phi) is 5.96. The topological polar surface area (TPSA) is 140 Å². The first-order chi connectivity index (χ1) is 15.8. The quantitative estimate of drug-likeness (QED) is 0.256. The van der Waals surface area contributed by atoms with Crippen molar-refractivity contribution in [2.75, 3.05) is 0 Å². The second-order valence-electron chi connectivity index (χ2n) is 7.06. The molecule has 33 heavy (non-hydrogen) atoms. The Labute approximate surface area is 190 Å². The van der Waals surface area contributed by atoms with Gasteiger partial charge in [-0.2, -0.15) is 5.10 Å². The summed E-state index contributed by atoms with van der Waals surface area (Å²) in [5, 5.41) is 24.6. The van der Waals surface area contributed by atoms with E-state index in [1.807, 2.05) is 37.3 Å². The molecule has 2 aromatic carbocycles. The lowest BCUT2D eigenvalue weighted by Gasteiger charge is -2.06. The fraction of sp³-hybridized carbons (Fsp3) is 0.0909. The SMILES string of the molecule is Cc1sc2ncn(CC(=O)N/N=C/c3ccc(O)c([N+](=O)[O-])c3)c(=O)c2c1-c1ccccc1. The van der Waals surface area contributed by atoms with Gasteiger partial charge >= 0.3 is 5.69 Å². The highest BCUT2D eigenvalue weighted by atomic mass is 32.1. The summed E-state index contributed by atoms with van der Waals surface area (Å²) in [5.41, 5.74) is 3.48. The third-order valence-corrected chi connectivity index (χ3v) is 5.84. The number of aromatic nitrogens is 2. The molecule has 0 aliphatic heterocycles. The smallest absolute Gasteiger partial charge is 0.311 e. The number of nitrogens with zero attached hydrogens (tertiary/aromatic N) is 4. The molecule has 2 heterocycles. The van der Waals surface area contributed by atoms with Gasteiger partial charge in [0.1, 0.15) is 11.4 Å². The van der Waals surface area contributed by atoms with Crippen LogP contribution in [0.25, 0.3) is 21.3 Å². The number of hydrogen-bond donors (Lipinski definition) is 2. The highest BCUT2D eigenvalue weighted by Gasteiger charge is 2.17. The van der Waals surface area contributed by atoms with Crippen molar-refractivity contribution < 1.29 is 14.8 Å². The monoisotopic (exact) mass is 463 g/mol. The molecule has 0 unspecified atom stereocenters. The van der Waals surface area contributed by atoms with E-state index in [4.69, 9.17) is 0 Å². The maximum atomic E-state index is 13.1. The van der Waals surface area contributed by atoms with Crippen LogP contribution in [0.1, 0.15) is 10.4 Å². The van der Waals surface area contributed by atoms with Crippen LogP contribution in [0, 0.1) is 17.0 Å². The minimum atomic E-state index is -0.726. The first-order valence-corrected chi connectivity index (χ1v) is 10.5. The van der Waals surface area contributed by atoms with Gasteiger partial charge in [0.15, 0.2) is 5.75 Å². The van der Waals surface area contributed by atoms with E-state index in [9.17, 15) is 24.8 Å². The van der Waals surface area contributed by atoms with Crippen molar-refractivity contribution >= 4 is 39.4 Å². The molecule has 2 N–H and O–H groups in total. The average Bonchev–Trinajstić information content (AvgIpc) is 3.14. The van der Waals surface area contributed by atoms with E-state index in [2.05, 4.69) is 15.5 Å². The molecule has 0 saturated carbocycles. The van der Waals surface area contributed by atoms with E-state index < -0.39 is 22.3 Å². The number of benzene rings is 2. The maximum Gasteiger partial charge on any atom is 0.311 e. The van der Waals surface area contributed by atoms with Crippen LogP contribution in [0.15, 0.2) is 64.8 Å². The molecule has 10 nitrogen and oxygen atoms in total. The first kappa shape index (κ1) is 21.8. The highest BCUT2D eigenvalue weighted by molar-refractivity contribution is 7.19. The van der Waals surface area contributed by atoms with Crippen LogP contribution in [0.2, 0.25) is 0 Å². The molecule has 2 aromatic heterocycles. The van der Waals surface area contributed by atoms with E-state index >= 15 is 0 Å². The lowest BCUT2D eigenvalue weighted by Crippen LogP contribution is -2.30. The number of rotatable bonds is 6. The van der Waals surface area contributed by atoms with E-state index in [1.165, 1.54) is 34.5 Å². The molecular weight excluding hydrogens is 446 g/mol. The number of carbonyl (C=O) groups excluding carboxylic acids is 1. The molecule has 0 aliphatic rings. The summed E-state index contributed by atoms with van der Waals surface area (Å²) in [7, 11) is 0. The summed E-state index contributed by atoms with van der Waals surface area (Å²) in [6.07, 6.45) is 2.52. The normalized spacial score (nSPS) is 11.2. The van der Waals surface area contributed by atoms with Crippen LogP contribution in [-0.4, -0.2) is 31.7 Å². The summed E-state index contributed by atoms with van der Waals surface area (Å²) in [5.74, 6) is -1.04. The lowest BCUT2D eigenvalue weighted by atomic mass is 10.0.